The lowest BCUT2D eigenvalue weighted by molar-refractivity contribution is -0.114. The quantitative estimate of drug-likeness (QED) is 0.603. The summed E-state index contributed by atoms with van der Waals surface area (Å²) >= 11 is 0. The van der Waals surface area contributed by atoms with Crippen LogP contribution < -0.4 is 4.90 Å². The second kappa shape index (κ2) is 5.53. The Morgan fingerprint density at radius 2 is 2.00 bits per heavy atom. The second-order valence-corrected chi connectivity index (χ2v) is 5.28. The molecule has 0 unspecified atom stereocenters. The van der Waals surface area contributed by atoms with E-state index in [1.54, 1.807) is 6.07 Å². The van der Waals surface area contributed by atoms with Crippen molar-refractivity contribution in [3.05, 3.63) is 29.3 Å². The number of benzene rings is 1. The largest absolute Gasteiger partial charge is 0.379 e. The molecule has 0 fully saturated rings. The van der Waals surface area contributed by atoms with Crippen molar-refractivity contribution >= 4 is 17.4 Å². The topological polar surface area (TPSA) is 46.6 Å². The van der Waals surface area contributed by atoms with Crippen LogP contribution in [-0.4, -0.2) is 31.4 Å². The number of hydrogen-bond acceptors (Lipinski definition) is 3. The molecule has 0 bridgehead atoms. The van der Waals surface area contributed by atoms with Gasteiger partial charge in [0.15, 0.2) is 0 Å². The molecule has 0 radical (unpaired) electrons. The average Bonchev–Trinajstić information content (AvgIpc) is 2.59. The van der Waals surface area contributed by atoms with E-state index in [-0.39, 0.29) is 0 Å². The Labute approximate surface area is 113 Å². The molecule has 2 rings (SSSR count). The van der Waals surface area contributed by atoms with Crippen molar-refractivity contribution in [2.75, 3.05) is 24.7 Å². The lowest BCUT2D eigenvalue weighted by Crippen LogP contribution is -2.33. The number of amides is 1. The van der Waals surface area contributed by atoms with E-state index in [0.29, 0.717) is 36.9 Å². The van der Waals surface area contributed by atoms with E-state index in [1.807, 2.05) is 19.1 Å². The van der Waals surface area contributed by atoms with Gasteiger partial charge in [0.1, 0.15) is 0 Å². The van der Waals surface area contributed by atoms with E-state index in [9.17, 15) is 9.59 Å². The molecule has 0 atom stereocenters. The number of ketones is 1. The number of ether oxygens (including phenoxy) is 1. The van der Waals surface area contributed by atoms with Gasteiger partial charge in [-0.15, -0.1) is 0 Å². The van der Waals surface area contributed by atoms with Crippen molar-refractivity contribution < 1.29 is 14.3 Å². The van der Waals surface area contributed by atoms with E-state index in [2.05, 4.69) is 13.8 Å². The molecule has 0 N–H and O–H groups in total. The first kappa shape index (κ1) is 13.7. The fourth-order valence-corrected chi connectivity index (χ4v) is 2.11. The fraction of sp³-hybridized carbons (Fsp3) is 0.467. The molecule has 1 aromatic rings. The summed E-state index contributed by atoms with van der Waals surface area (Å²) in [6.45, 7) is 7.59. The highest BCUT2D eigenvalue weighted by Crippen LogP contribution is 2.29. The zero-order chi connectivity index (χ0) is 14.0. The molecule has 1 aliphatic rings. The normalized spacial score (nSPS) is 14.4. The van der Waals surface area contributed by atoms with Gasteiger partial charge in [-0.05, 0) is 25.0 Å². The van der Waals surface area contributed by atoms with Crippen LogP contribution in [0, 0.1) is 12.8 Å². The summed E-state index contributed by atoms with van der Waals surface area (Å²) < 4.78 is 5.47. The molecule has 1 heterocycles. The monoisotopic (exact) mass is 261 g/mol. The smallest absolute Gasteiger partial charge is 0.299 e. The summed E-state index contributed by atoms with van der Waals surface area (Å²) in [5.74, 6) is -0.401. The van der Waals surface area contributed by atoms with Gasteiger partial charge in [-0.1, -0.05) is 25.5 Å². The van der Waals surface area contributed by atoms with Gasteiger partial charge in [-0.25, -0.2) is 0 Å². The van der Waals surface area contributed by atoms with Crippen molar-refractivity contribution in [2.45, 2.75) is 20.8 Å². The number of carbonyl (C=O) groups excluding carboxylic acids is 2. The Morgan fingerprint density at radius 1 is 1.26 bits per heavy atom. The summed E-state index contributed by atoms with van der Waals surface area (Å²) in [7, 11) is 0. The van der Waals surface area contributed by atoms with Crippen LogP contribution in [0.2, 0.25) is 0 Å². The van der Waals surface area contributed by atoms with Gasteiger partial charge >= 0.3 is 0 Å². The number of anilines is 1. The van der Waals surface area contributed by atoms with Crippen LogP contribution in [-0.2, 0) is 9.53 Å². The number of hydrogen-bond donors (Lipinski definition) is 0. The zero-order valence-corrected chi connectivity index (χ0v) is 11.6. The van der Waals surface area contributed by atoms with Crippen LogP contribution >= 0.6 is 0 Å². The first-order chi connectivity index (χ1) is 9.00. The van der Waals surface area contributed by atoms with E-state index in [4.69, 9.17) is 4.74 Å². The molecule has 1 aromatic carbocycles. The van der Waals surface area contributed by atoms with E-state index in [0.717, 1.165) is 5.56 Å². The Hall–Kier alpha value is -1.68. The van der Waals surface area contributed by atoms with Gasteiger partial charge in [0.05, 0.1) is 17.9 Å². The maximum Gasteiger partial charge on any atom is 0.299 e. The molecule has 0 aliphatic carbocycles. The lowest BCUT2D eigenvalue weighted by atomic mass is 10.1. The minimum Gasteiger partial charge on any atom is -0.379 e. The molecule has 0 saturated carbocycles. The predicted molar refractivity (Wildman–Crippen MR) is 73.5 cm³/mol. The van der Waals surface area contributed by atoms with Crippen LogP contribution in [0.3, 0.4) is 0 Å². The highest BCUT2D eigenvalue weighted by Gasteiger charge is 2.35. The lowest BCUT2D eigenvalue weighted by Gasteiger charge is -2.17. The molecule has 4 nitrogen and oxygen atoms in total. The van der Waals surface area contributed by atoms with Gasteiger partial charge in [0, 0.05) is 13.2 Å². The molecule has 1 aliphatic heterocycles. The number of nitrogens with zero attached hydrogens (tertiary/aromatic N) is 1. The first-order valence-corrected chi connectivity index (χ1v) is 6.55. The van der Waals surface area contributed by atoms with Gasteiger partial charge in [-0.3, -0.25) is 9.59 Å². The summed E-state index contributed by atoms with van der Waals surface area (Å²) in [4.78, 5) is 25.3. The summed E-state index contributed by atoms with van der Waals surface area (Å²) in [5.41, 5.74) is 2.19. The minimum atomic E-state index is -0.450. The number of rotatable bonds is 5. The average molecular weight is 261 g/mol. The van der Waals surface area contributed by atoms with E-state index >= 15 is 0 Å². The van der Waals surface area contributed by atoms with Gasteiger partial charge in [0.2, 0.25) is 0 Å². The Balaban J connectivity index is 2.07. The maximum absolute atomic E-state index is 11.9. The third-order valence-electron chi connectivity index (χ3n) is 3.04. The van der Waals surface area contributed by atoms with Gasteiger partial charge in [0.25, 0.3) is 11.7 Å². The second-order valence-electron chi connectivity index (χ2n) is 5.28. The molecule has 19 heavy (non-hydrogen) atoms. The van der Waals surface area contributed by atoms with Crippen molar-refractivity contribution in [3.63, 3.8) is 0 Å². The molecular weight excluding hydrogens is 242 g/mol. The molecule has 0 spiro atoms. The fourth-order valence-electron chi connectivity index (χ4n) is 2.11. The van der Waals surface area contributed by atoms with Crippen LogP contribution in [0.5, 0.6) is 0 Å². The van der Waals surface area contributed by atoms with Gasteiger partial charge in [-0.2, -0.15) is 0 Å². The highest BCUT2D eigenvalue weighted by atomic mass is 16.5. The minimum absolute atomic E-state index is 0.414. The van der Waals surface area contributed by atoms with Gasteiger partial charge < -0.3 is 9.64 Å². The van der Waals surface area contributed by atoms with Crippen molar-refractivity contribution in [3.8, 4) is 0 Å². The van der Waals surface area contributed by atoms with Crippen molar-refractivity contribution in [2.24, 2.45) is 5.92 Å². The third kappa shape index (κ3) is 2.84. The predicted octanol–water partition coefficient (Wildman–Crippen LogP) is 2.20. The highest BCUT2D eigenvalue weighted by molar-refractivity contribution is 6.52. The SMILES string of the molecule is Cc1ccc2c(c1)C(=O)C(=O)N2CCOCC(C)C. The number of aryl methyl sites for hydroxylation is 1. The van der Waals surface area contributed by atoms with E-state index in [1.165, 1.54) is 4.90 Å². The molecule has 0 saturated heterocycles. The summed E-state index contributed by atoms with van der Waals surface area (Å²) in [6, 6.07) is 5.51. The van der Waals surface area contributed by atoms with Crippen LogP contribution in [0.25, 0.3) is 0 Å². The van der Waals surface area contributed by atoms with Crippen LogP contribution in [0.4, 0.5) is 5.69 Å². The first-order valence-electron chi connectivity index (χ1n) is 6.55. The Bertz CT molecular complexity index is 508. The molecule has 0 aromatic heterocycles. The van der Waals surface area contributed by atoms with Crippen molar-refractivity contribution in [1.29, 1.82) is 0 Å². The molecule has 1 amide bonds. The maximum atomic E-state index is 11.9. The van der Waals surface area contributed by atoms with Crippen LogP contribution in [0.15, 0.2) is 18.2 Å². The van der Waals surface area contributed by atoms with Crippen molar-refractivity contribution in [1.82, 2.24) is 0 Å². The standard InChI is InChI=1S/C15H19NO3/c1-10(2)9-19-7-6-16-13-5-4-11(3)8-12(13)14(17)15(16)18/h4-5,8,10H,6-7,9H2,1-3H3. The Kier molecular flexibility index (Phi) is 4.00. The summed E-state index contributed by atoms with van der Waals surface area (Å²) in [6.07, 6.45) is 0. The molecule has 4 heteroatoms. The Morgan fingerprint density at radius 3 is 2.68 bits per heavy atom. The number of Topliss-reactive ketones (excluding diaryl/α,β-unsaturated/α-hetero) is 1. The number of fused-ring (bicyclic) bond motifs is 1. The molecular formula is C15H19NO3. The molecule has 102 valence electrons. The van der Waals surface area contributed by atoms with E-state index < -0.39 is 11.7 Å². The number of carbonyl (C=O) groups is 2. The van der Waals surface area contributed by atoms with Crippen LogP contribution in [0.1, 0.15) is 29.8 Å². The third-order valence-corrected chi connectivity index (χ3v) is 3.04. The zero-order valence-electron chi connectivity index (χ0n) is 11.6. The summed E-state index contributed by atoms with van der Waals surface area (Å²) in [5, 5.41) is 0.